The van der Waals surface area contributed by atoms with Crippen LogP contribution in [0.15, 0.2) is 36.9 Å². The van der Waals surface area contributed by atoms with Crippen LogP contribution in [0.3, 0.4) is 0 Å². The lowest BCUT2D eigenvalue weighted by molar-refractivity contribution is 0.0497. The van der Waals surface area contributed by atoms with Crippen LogP contribution >= 0.6 is 0 Å². The van der Waals surface area contributed by atoms with Gasteiger partial charge >= 0.3 is 11.9 Å². The Morgan fingerprint density at radius 3 is 2.26 bits per heavy atom. The fourth-order valence-corrected chi connectivity index (χ4v) is 2.12. The van der Waals surface area contributed by atoms with E-state index in [0.29, 0.717) is 17.7 Å². The van der Waals surface area contributed by atoms with Gasteiger partial charge in [0.05, 0.1) is 17.7 Å². The standard InChI is InChI=1S/C19H26O4/c1-3-5-6-7-8-9-14-23-19(21)17-12-10-11-16(15-17)18(20)22-13-4-2/h4,10-12,15H,2-3,5-9,13-14H2,1H3. The number of ether oxygens (including phenoxy) is 2. The minimum absolute atomic E-state index is 0.144. The lowest BCUT2D eigenvalue weighted by atomic mass is 10.1. The lowest BCUT2D eigenvalue weighted by Gasteiger charge is -2.06. The second-order valence-electron chi connectivity index (χ2n) is 5.37. The second-order valence-corrected chi connectivity index (χ2v) is 5.37. The Balaban J connectivity index is 2.38. The molecule has 0 aliphatic carbocycles. The topological polar surface area (TPSA) is 52.6 Å². The van der Waals surface area contributed by atoms with Crippen molar-refractivity contribution in [3.63, 3.8) is 0 Å². The smallest absolute Gasteiger partial charge is 0.338 e. The zero-order valence-electron chi connectivity index (χ0n) is 13.9. The van der Waals surface area contributed by atoms with Crippen LogP contribution in [0, 0.1) is 0 Å². The minimum atomic E-state index is -0.476. The Morgan fingerprint density at radius 1 is 1.00 bits per heavy atom. The van der Waals surface area contributed by atoms with E-state index in [2.05, 4.69) is 13.5 Å². The Morgan fingerprint density at radius 2 is 1.61 bits per heavy atom. The maximum absolute atomic E-state index is 12.0. The molecule has 0 atom stereocenters. The SMILES string of the molecule is C=CCOC(=O)c1cccc(C(=O)OCCCCCCCC)c1. The van der Waals surface area contributed by atoms with E-state index in [0.717, 1.165) is 12.8 Å². The van der Waals surface area contributed by atoms with Crippen molar-refractivity contribution >= 4 is 11.9 Å². The molecule has 0 fully saturated rings. The molecule has 0 amide bonds. The monoisotopic (exact) mass is 318 g/mol. The first-order chi connectivity index (χ1) is 11.2. The first-order valence-corrected chi connectivity index (χ1v) is 8.24. The molecule has 0 aliphatic rings. The predicted molar refractivity (Wildman–Crippen MR) is 90.6 cm³/mol. The summed E-state index contributed by atoms with van der Waals surface area (Å²) < 4.78 is 10.2. The zero-order chi connectivity index (χ0) is 16.9. The molecule has 0 unspecified atom stereocenters. The first kappa shape index (κ1) is 18.9. The third-order valence-corrected chi connectivity index (χ3v) is 3.40. The highest BCUT2D eigenvalue weighted by Gasteiger charge is 2.12. The molecule has 0 spiro atoms. The molecule has 4 heteroatoms. The summed E-state index contributed by atoms with van der Waals surface area (Å²) >= 11 is 0. The number of esters is 2. The van der Waals surface area contributed by atoms with Crippen molar-refractivity contribution in [1.29, 1.82) is 0 Å². The van der Waals surface area contributed by atoms with Gasteiger partial charge in [0.2, 0.25) is 0 Å². The number of hydrogen-bond acceptors (Lipinski definition) is 4. The van der Waals surface area contributed by atoms with Crippen LogP contribution in [0.2, 0.25) is 0 Å². The molecule has 1 rings (SSSR count). The van der Waals surface area contributed by atoms with Gasteiger partial charge in [-0.2, -0.15) is 0 Å². The van der Waals surface area contributed by atoms with Crippen LogP contribution in [0.4, 0.5) is 0 Å². The van der Waals surface area contributed by atoms with Gasteiger partial charge in [0.15, 0.2) is 0 Å². The molecule has 23 heavy (non-hydrogen) atoms. The molecule has 0 heterocycles. The minimum Gasteiger partial charge on any atom is -0.462 e. The maximum atomic E-state index is 12.0. The van der Waals surface area contributed by atoms with Gasteiger partial charge < -0.3 is 9.47 Å². The fraction of sp³-hybridized carbons (Fsp3) is 0.474. The van der Waals surface area contributed by atoms with Gasteiger partial charge in [-0.05, 0) is 24.6 Å². The van der Waals surface area contributed by atoms with Crippen molar-refractivity contribution in [2.24, 2.45) is 0 Å². The van der Waals surface area contributed by atoms with Gasteiger partial charge in [-0.3, -0.25) is 0 Å². The zero-order valence-corrected chi connectivity index (χ0v) is 13.9. The van der Waals surface area contributed by atoms with Crippen LogP contribution in [-0.4, -0.2) is 25.2 Å². The van der Waals surface area contributed by atoms with Crippen LogP contribution in [-0.2, 0) is 9.47 Å². The summed E-state index contributed by atoms with van der Waals surface area (Å²) in [7, 11) is 0. The number of unbranched alkanes of at least 4 members (excludes halogenated alkanes) is 5. The number of rotatable bonds is 11. The van der Waals surface area contributed by atoms with Crippen molar-refractivity contribution in [2.75, 3.05) is 13.2 Å². The molecule has 0 saturated carbocycles. The summed E-state index contributed by atoms with van der Waals surface area (Å²) in [5.41, 5.74) is 0.699. The van der Waals surface area contributed by atoms with Crippen molar-refractivity contribution in [3.8, 4) is 0 Å². The molecule has 0 aromatic heterocycles. The average molecular weight is 318 g/mol. The van der Waals surface area contributed by atoms with Crippen molar-refractivity contribution in [2.45, 2.75) is 45.4 Å². The van der Waals surface area contributed by atoms with Crippen molar-refractivity contribution < 1.29 is 19.1 Å². The van der Waals surface area contributed by atoms with E-state index in [-0.39, 0.29) is 6.61 Å². The summed E-state index contributed by atoms with van der Waals surface area (Å²) in [4.78, 5) is 23.7. The highest BCUT2D eigenvalue weighted by Crippen LogP contribution is 2.10. The Kier molecular flexibility index (Phi) is 9.45. The summed E-state index contributed by atoms with van der Waals surface area (Å²) in [5.74, 6) is -0.882. The molecule has 4 nitrogen and oxygen atoms in total. The van der Waals surface area contributed by atoms with E-state index in [4.69, 9.17) is 9.47 Å². The molecule has 0 radical (unpaired) electrons. The quantitative estimate of drug-likeness (QED) is 0.341. The Labute approximate surface area is 138 Å². The van der Waals surface area contributed by atoms with Crippen molar-refractivity contribution in [1.82, 2.24) is 0 Å². The van der Waals surface area contributed by atoms with E-state index in [9.17, 15) is 9.59 Å². The number of benzene rings is 1. The highest BCUT2D eigenvalue weighted by atomic mass is 16.5. The average Bonchev–Trinajstić information content (AvgIpc) is 2.58. The molecule has 0 aliphatic heterocycles. The highest BCUT2D eigenvalue weighted by molar-refractivity contribution is 5.95. The summed E-state index contributed by atoms with van der Waals surface area (Å²) in [6, 6.07) is 6.38. The molecule has 0 bridgehead atoms. The van der Waals surface area contributed by atoms with E-state index in [1.807, 2.05) is 0 Å². The lowest BCUT2D eigenvalue weighted by Crippen LogP contribution is -2.09. The normalized spacial score (nSPS) is 10.1. The molecule has 0 saturated heterocycles. The van der Waals surface area contributed by atoms with Gasteiger partial charge in [0, 0.05) is 0 Å². The van der Waals surface area contributed by atoms with Gasteiger partial charge in [-0.1, -0.05) is 57.7 Å². The molecule has 126 valence electrons. The molecule has 0 N–H and O–H groups in total. The third-order valence-electron chi connectivity index (χ3n) is 3.40. The summed E-state index contributed by atoms with van der Waals surface area (Å²) in [6.45, 7) is 6.23. The number of carbonyl (C=O) groups excluding carboxylic acids is 2. The number of hydrogen-bond donors (Lipinski definition) is 0. The Bertz CT molecular complexity index is 508. The fourth-order valence-electron chi connectivity index (χ4n) is 2.12. The Hall–Kier alpha value is -2.10. The largest absolute Gasteiger partial charge is 0.462 e. The van der Waals surface area contributed by atoms with E-state index >= 15 is 0 Å². The van der Waals surface area contributed by atoms with Crippen LogP contribution < -0.4 is 0 Å². The van der Waals surface area contributed by atoms with E-state index in [1.165, 1.54) is 37.8 Å². The van der Waals surface area contributed by atoms with E-state index < -0.39 is 11.9 Å². The van der Waals surface area contributed by atoms with Gasteiger partial charge in [-0.25, -0.2) is 9.59 Å². The summed E-state index contributed by atoms with van der Waals surface area (Å²) in [5, 5.41) is 0. The molecular weight excluding hydrogens is 292 g/mol. The van der Waals surface area contributed by atoms with Gasteiger partial charge in [-0.15, -0.1) is 0 Å². The third kappa shape index (κ3) is 7.63. The van der Waals surface area contributed by atoms with Crippen LogP contribution in [0.5, 0.6) is 0 Å². The maximum Gasteiger partial charge on any atom is 0.338 e. The summed E-state index contributed by atoms with van der Waals surface area (Å²) in [6.07, 6.45) is 8.33. The van der Waals surface area contributed by atoms with Gasteiger partial charge in [0.1, 0.15) is 6.61 Å². The molecule has 1 aromatic rings. The first-order valence-electron chi connectivity index (χ1n) is 8.24. The van der Waals surface area contributed by atoms with Gasteiger partial charge in [0.25, 0.3) is 0 Å². The van der Waals surface area contributed by atoms with E-state index in [1.54, 1.807) is 18.2 Å². The molecule has 1 aromatic carbocycles. The predicted octanol–water partition coefficient (Wildman–Crippen LogP) is 4.55. The van der Waals surface area contributed by atoms with Crippen LogP contribution in [0.25, 0.3) is 0 Å². The second kappa shape index (κ2) is 11.5. The number of carbonyl (C=O) groups is 2. The van der Waals surface area contributed by atoms with Crippen molar-refractivity contribution in [3.05, 3.63) is 48.0 Å². The van der Waals surface area contributed by atoms with Crippen LogP contribution in [0.1, 0.15) is 66.2 Å². The molecular formula is C19H26O4.